The van der Waals surface area contributed by atoms with E-state index in [0.29, 0.717) is 0 Å². The van der Waals surface area contributed by atoms with E-state index in [1.807, 2.05) is 0 Å². The molecule has 0 aliphatic rings. The zero-order valence-electron chi connectivity index (χ0n) is 10.1. The van der Waals surface area contributed by atoms with Crippen molar-refractivity contribution in [1.82, 2.24) is 4.98 Å². The number of sulfonamides is 1. The van der Waals surface area contributed by atoms with Crippen LogP contribution in [0.25, 0.3) is 0 Å². The molecule has 0 aliphatic heterocycles. The minimum Gasteiger partial charge on any atom is -0.477 e. The van der Waals surface area contributed by atoms with Gasteiger partial charge in [0.1, 0.15) is 0 Å². The number of hydrogen-bond acceptors (Lipinski definition) is 7. The molecule has 0 bridgehead atoms. The normalized spacial score (nSPS) is 11.1. The zero-order valence-corrected chi connectivity index (χ0v) is 11.0. The fraction of sp³-hybridized carbons (Fsp3) is 0.333. The first-order chi connectivity index (χ1) is 9.20. The third-order valence-electron chi connectivity index (χ3n) is 2.19. The molecule has 1 heterocycles. The van der Waals surface area contributed by atoms with Gasteiger partial charge in [-0.05, 0) is 12.5 Å². The number of rotatable bonds is 7. The third kappa shape index (κ3) is 4.78. The van der Waals surface area contributed by atoms with Crippen LogP contribution in [0, 0.1) is 10.1 Å². The summed E-state index contributed by atoms with van der Waals surface area (Å²) >= 11 is 0. The molecule has 0 atom stereocenters. The number of nitrogens with one attached hydrogen (secondary N) is 1. The van der Waals surface area contributed by atoms with Crippen LogP contribution in [-0.4, -0.2) is 41.7 Å². The maximum Gasteiger partial charge on any atom is 0.354 e. The van der Waals surface area contributed by atoms with Crippen LogP contribution < -0.4 is 10.5 Å². The number of aromatic carboxylic acids is 1. The number of carbonyl (C=O) groups is 1. The van der Waals surface area contributed by atoms with Gasteiger partial charge in [0.2, 0.25) is 15.8 Å². The Labute approximate surface area is 113 Å². The van der Waals surface area contributed by atoms with Crippen molar-refractivity contribution in [3.8, 4) is 0 Å². The SMILES string of the molecule is NS(=O)(=O)CCCNc1nc(C(=O)O)ccc1[N+](=O)[O-]. The van der Waals surface area contributed by atoms with Crippen LogP contribution in [0.3, 0.4) is 0 Å². The van der Waals surface area contributed by atoms with E-state index in [-0.39, 0.29) is 30.2 Å². The summed E-state index contributed by atoms with van der Waals surface area (Å²) in [6.07, 6.45) is 0.106. The smallest absolute Gasteiger partial charge is 0.354 e. The molecular weight excluding hydrogens is 292 g/mol. The predicted octanol–water partition coefficient (Wildman–Crippen LogP) is -0.221. The lowest BCUT2D eigenvalue weighted by Crippen LogP contribution is -2.19. The number of nitrogens with zero attached hydrogens (tertiary/aromatic N) is 2. The Kier molecular flexibility index (Phi) is 4.94. The van der Waals surface area contributed by atoms with Gasteiger partial charge in [-0.3, -0.25) is 10.1 Å². The largest absolute Gasteiger partial charge is 0.477 e. The summed E-state index contributed by atoms with van der Waals surface area (Å²) in [6.45, 7) is 0.0490. The summed E-state index contributed by atoms with van der Waals surface area (Å²) in [5.41, 5.74) is -0.754. The monoisotopic (exact) mass is 304 g/mol. The number of hydrogen-bond donors (Lipinski definition) is 3. The van der Waals surface area contributed by atoms with E-state index < -0.39 is 26.6 Å². The Morgan fingerprint density at radius 2 is 2.15 bits per heavy atom. The second-order valence-corrected chi connectivity index (χ2v) is 5.51. The van der Waals surface area contributed by atoms with Crippen LogP contribution in [0.15, 0.2) is 12.1 Å². The van der Waals surface area contributed by atoms with Gasteiger partial charge in [0.05, 0.1) is 10.7 Å². The van der Waals surface area contributed by atoms with Gasteiger partial charge in [-0.1, -0.05) is 0 Å². The first-order valence-electron chi connectivity index (χ1n) is 5.34. The van der Waals surface area contributed by atoms with Crippen LogP contribution in [0.1, 0.15) is 16.9 Å². The lowest BCUT2D eigenvalue weighted by Gasteiger charge is -2.06. The zero-order chi connectivity index (χ0) is 15.3. The lowest BCUT2D eigenvalue weighted by molar-refractivity contribution is -0.384. The molecule has 0 radical (unpaired) electrons. The molecule has 0 saturated heterocycles. The van der Waals surface area contributed by atoms with Crippen molar-refractivity contribution in [2.75, 3.05) is 17.6 Å². The van der Waals surface area contributed by atoms with E-state index in [1.165, 1.54) is 0 Å². The molecule has 10 nitrogen and oxygen atoms in total. The van der Waals surface area contributed by atoms with Gasteiger partial charge >= 0.3 is 11.7 Å². The molecular formula is C9H12N4O6S. The van der Waals surface area contributed by atoms with Gasteiger partial charge < -0.3 is 10.4 Å². The molecule has 0 fully saturated rings. The average molecular weight is 304 g/mol. The molecule has 20 heavy (non-hydrogen) atoms. The van der Waals surface area contributed by atoms with Crippen molar-refractivity contribution < 1.29 is 23.2 Å². The Morgan fingerprint density at radius 3 is 2.65 bits per heavy atom. The van der Waals surface area contributed by atoms with Gasteiger partial charge in [-0.2, -0.15) is 0 Å². The lowest BCUT2D eigenvalue weighted by atomic mass is 10.3. The Morgan fingerprint density at radius 1 is 1.50 bits per heavy atom. The topological polar surface area (TPSA) is 166 Å². The fourth-order valence-corrected chi connectivity index (χ4v) is 1.88. The molecule has 0 unspecified atom stereocenters. The highest BCUT2D eigenvalue weighted by Gasteiger charge is 2.18. The van der Waals surface area contributed by atoms with Crippen molar-refractivity contribution in [2.45, 2.75) is 6.42 Å². The molecule has 0 aliphatic carbocycles. The number of anilines is 1. The third-order valence-corrected chi connectivity index (χ3v) is 3.05. The molecule has 1 aromatic rings. The summed E-state index contributed by atoms with van der Waals surface area (Å²) in [6, 6.07) is 2.02. The Bertz CT molecular complexity index is 629. The molecule has 1 aromatic heterocycles. The van der Waals surface area contributed by atoms with E-state index in [0.717, 1.165) is 12.1 Å². The molecule has 0 amide bonds. The van der Waals surface area contributed by atoms with Crippen molar-refractivity contribution in [2.24, 2.45) is 5.14 Å². The predicted molar refractivity (Wildman–Crippen MR) is 68.9 cm³/mol. The number of nitro groups is 1. The minimum absolute atomic E-state index is 0.0490. The van der Waals surface area contributed by atoms with Gasteiger partial charge in [-0.15, -0.1) is 0 Å². The van der Waals surface area contributed by atoms with E-state index in [2.05, 4.69) is 10.3 Å². The van der Waals surface area contributed by atoms with Gasteiger partial charge in [0, 0.05) is 12.6 Å². The Hall–Kier alpha value is -2.27. The van der Waals surface area contributed by atoms with Crippen molar-refractivity contribution in [3.05, 3.63) is 27.9 Å². The average Bonchev–Trinajstić information content (AvgIpc) is 2.33. The van der Waals surface area contributed by atoms with Crippen LogP contribution >= 0.6 is 0 Å². The standard InChI is InChI=1S/C9H12N4O6S/c10-20(18,19)5-1-4-11-8-7(13(16)17)3-2-6(12-8)9(14)15/h2-3H,1,4-5H2,(H,11,12)(H,14,15)(H2,10,18,19). The van der Waals surface area contributed by atoms with E-state index in [9.17, 15) is 23.3 Å². The van der Waals surface area contributed by atoms with E-state index in [1.54, 1.807) is 0 Å². The molecule has 11 heteroatoms. The molecule has 0 aromatic carbocycles. The summed E-state index contributed by atoms with van der Waals surface area (Å²) in [5, 5.41) is 26.8. The summed E-state index contributed by atoms with van der Waals surface area (Å²) in [7, 11) is -3.62. The number of nitrogens with two attached hydrogens (primary N) is 1. The summed E-state index contributed by atoms with van der Waals surface area (Å²) < 4.78 is 21.4. The van der Waals surface area contributed by atoms with Crippen LogP contribution in [0.4, 0.5) is 11.5 Å². The van der Waals surface area contributed by atoms with Gasteiger partial charge in [-0.25, -0.2) is 23.3 Å². The molecule has 0 spiro atoms. The molecule has 110 valence electrons. The summed E-state index contributed by atoms with van der Waals surface area (Å²) in [5.74, 6) is -1.86. The Balaban J connectivity index is 2.83. The van der Waals surface area contributed by atoms with Gasteiger partial charge in [0.15, 0.2) is 5.69 Å². The number of carboxylic acid groups (broad SMARTS) is 1. The second-order valence-electron chi connectivity index (χ2n) is 3.77. The number of primary sulfonamides is 1. The first-order valence-corrected chi connectivity index (χ1v) is 7.05. The van der Waals surface area contributed by atoms with E-state index >= 15 is 0 Å². The highest BCUT2D eigenvalue weighted by Crippen LogP contribution is 2.22. The first kappa shape index (κ1) is 15.8. The second kappa shape index (κ2) is 6.25. The summed E-state index contributed by atoms with van der Waals surface area (Å²) in [4.78, 5) is 24.4. The van der Waals surface area contributed by atoms with Gasteiger partial charge in [0.25, 0.3) is 0 Å². The highest BCUT2D eigenvalue weighted by atomic mass is 32.2. The molecule has 4 N–H and O–H groups in total. The number of pyridine rings is 1. The molecule has 1 rings (SSSR count). The van der Waals surface area contributed by atoms with Crippen molar-refractivity contribution >= 4 is 27.5 Å². The van der Waals surface area contributed by atoms with Crippen LogP contribution in [0.5, 0.6) is 0 Å². The fourth-order valence-electron chi connectivity index (χ4n) is 1.33. The molecule has 0 saturated carbocycles. The van der Waals surface area contributed by atoms with E-state index in [4.69, 9.17) is 10.2 Å². The number of carboxylic acids is 1. The quantitative estimate of drug-likeness (QED) is 0.353. The maximum atomic E-state index is 10.8. The highest BCUT2D eigenvalue weighted by molar-refractivity contribution is 7.89. The van der Waals surface area contributed by atoms with Crippen LogP contribution in [-0.2, 0) is 10.0 Å². The minimum atomic E-state index is -3.62. The number of aromatic nitrogens is 1. The van der Waals surface area contributed by atoms with Crippen molar-refractivity contribution in [3.63, 3.8) is 0 Å². The van der Waals surface area contributed by atoms with Crippen LogP contribution in [0.2, 0.25) is 0 Å². The van der Waals surface area contributed by atoms with Crippen molar-refractivity contribution in [1.29, 1.82) is 0 Å². The maximum absolute atomic E-state index is 10.8.